The molecule has 0 saturated carbocycles. The highest BCUT2D eigenvalue weighted by Crippen LogP contribution is 2.14. The maximum absolute atomic E-state index is 12.9. The molecule has 0 fully saturated rings. The Labute approximate surface area is 467 Å². The fraction of sp³-hybridized carbons (Fsp3) is 0.614. The average Bonchev–Trinajstić information content (AvgIpc) is 3.42. The van der Waals surface area contributed by atoms with Crippen molar-refractivity contribution in [2.45, 2.75) is 264 Å². The van der Waals surface area contributed by atoms with E-state index in [1.807, 2.05) is 0 Å². The van der Waals surface area contributed by atoms with Gasteiger partial charge in [-0.15, -0.1) is 0 Å². The van der Waals surface area contributed by atoms with Gasteiger partial charge in [0.15, 0.2) is 6.10 Å². The van der Waals surface area contributed by atoms with Crippen molar-refractivity contribution in [1.29, 1.82) is 0 Å². The summed E-state index contributed by atoms with van der Waals surface area (Å²) in [6.07, 6.45) is 89.9. The molecule has 0 amide bonds. The molecule has 0 N–H and O–H groups in total. The summed E-state index contributed by atoms with van der Waals surface area (Å²) in [6.45, 7) is 6.34. The predicted molar refractivity (Wildman–Crippen MR) is 329 cm³/mol. The van der Waals surface area contributed by atoms with Crippen LogP contribution >= 0.6 is 0 Å². The summed E-state index contributed by atoms with van der Waals surface area (Å²) in [7, 11) is 0. The van der Waals surface area contributed by atoms with E-state index < -0.39 is 6.10 Å². The Hall–Kier alpha value is -4.71. The molecule has 1 atom stereocenters. The quantitative estimate of drug-likeness (QED) is 0.0261. The number of unbranched alkanes of at least 4 members (excludes halogenated alkanes) is 19. The van der Waals surface area contributed by atoms with Gasteiger partial charge in [-0.1, -0.05) is 250 Å². The number of ether oxygens (including phenoxy) is 3. The summed E-state index contributed by atoms with van der Waals surface area (Å²) in [6, 6.07) is 0. The third-order valence-corrected chi connectivity index (χ3v) is 12.6. The van der Waals surface area contributed by atoms with E-state index in [2.05, 4.69) is 167 Å². The first-order valence-electron chi connectivity index (χ1n) is 30.8. The number of carbonyl (C=O) groups is 3. The minimum atomic E-state index is -0.821. The van der Waals surface area contributed by atoms with Crippen molar-refractivity contribution < 1.29 is 28.6 Å². The molecule has 0 aliphatic heterocycles. The van der Waals surface area contributed by atoms with E-state index in [0.29, 0.717) is 19.3 Å². The second-order valence-corrected chi connectivity index (χ2v) is 19.8. The van der Waals surface area contributed by atoms with Crippen LogP contribution < -0.4 is 0 Å². The molecule has 0 radical (unpaired) electrons. The molecule has 76 heavy (non-hydrogen) atoms. The minimum absolute atomic E-state index is 0.112. The summed E-state index contributed by atoms with van der Waals surface area (Å²) < 4.78 is 16.8. The fourth-order valence-corrected chi connectivity index (χ4v) is 8.01. The van der Waals surface area contributed by atoms with Gasteiger partial charge < -0.3 is 14.2 Å². The summed E-state index contributed by atoms with van der Waals surface area (Å²) >= 11 is 0. The monoisotopic (exact) mass is 1050 g/mol. The molecule has 6 heteroatoms. The third-order valence-electron chi connectivity index (χ3n) is 12.6. The van der Waals surface area contributed by atoms with Crippen molar-refractivity contribution in [2.75, 3.05) is 13.2 Å². The second kappa shape index (κ2) is 62.8. The van der Waals surface area contributed by atoms with Crippen molar-refractivity contribution in [3.05, 3.63) is 146 Å². The predicted octanol–water partition coefficient (Wildman–Crippen LogP) is 21.2. The molecule has 6 nitrogen and oxygen atoms in total. The molecular weight excluding hydrogens is 937 g/mol. The molecule has 0 spiro atoms. The molecule has 0 aromatic carbocycles. The smallest absolute Gasteiger partial charge is 0.306 e. The lowest BCUT2D eigenvalue weighted by atomic mass is 10.1. The van der Waals surface area contributed by atoms with E-state index in [1.54, 1.807) is 0 Å². The number of allylic oxidation sites excluding steroid dienone is 24. The third kappa shape index (κ3) is 60.2. The normalized spacial score (nSPS) is 13.1. The first kappa shape index (κ1) is 71.3. The van der Waals surface area contributed by atoms with Gasteiger partial charge in [0.1, 0.15) is 13.2 Å². The molecular formula is C70H112O6. The van der Waals surface area contributed by atoms with E-state index in [9.17, 15) is 14.4 Å². The Morgan fingerprint density at radius 2 is 0.526 bits per heavy atom. The lowest BCUT2D eigenvalue weighted by Gasteiger charge is -2.18. The van der Waals surface area contributed by atoms with Gasteiger partial charge in [-0.05, 0) is 135 Å². The summed E-state index contributed by atoms with van der Waals surface area (Å²) in [5.74, 6) is -0.990. The van der Waals surface area contributed by atoms with Gasteiger partial charge in [-0.25, -0.2) is 0 Å². The Morgan fingerprint density at radius 1 is 0.276 bits per heavy atom. The topological polar surface area (TPSA) is 78.9 Å². The lowest BCUT2D eigenvalue weighted by molar-refractivity contribution is -0.167. The summed E-state index contributed by atoms with van der Waals surface area (Å²) in [5.41, 5.74) is 0. The van der Waals surface area contributed by atoms with Crippen LogP contribution in [0.2, 0.25) is 0 Å². The first-order valence-corrected chi connectivity index (χ1v) is 30.8. The van der Waals surface area contributed by atoms with Gasteiger partial charge in [0.2, 0.25) is 0 Å². The molecule has 0 aromatic rings. The van der Waals surface area contributed by atoms with Crippen molar-refractivity contribution in [3.63, 3.8) is 0 Å². The highest BCUT2D eigenvalue weighted by molar-refractivity contribution is 5.71. The van der Waals surface area contributed by atoms with E-state index in [1.165, 1.54) is 77.0 Å². The van der Waals surface area contributed by atoms with E-state index in [4.69, 9.17) is 14.2 Å². The molecule has 0 aliphatic carbocycles. The molecule has 1 unspecified atom stereocenters. The van der Waals surface area contributed by atoms with Crippen LogP contribution in [0.4, 0.5) is 0 Å². The number of esters is 3. The Morgan fingerprint density at radius 3 is 0.855 bits per heavy atom. The molecule has 0 aromatic heterocycles. The lowest BCUT2D eigenvalue weighted by Crippen LogP contribution is -2.30. The zero-order valence-electron chi connectivity index (χ0n) is 49.0. The van der Waals surface area contributed by atoms with Crippen LogP contribution in [0, 0.1) is 0 Å². The zero-order valence-corrected chi connectivity index (χ0v) is 49.0. The van der Waals surface area contributed by atoms with Gasteiger partial charge in [-0.2, -0.15) is 0 Å². The molecule has 428 valence electrons. The Bertz CT molecular complexity index is 1680. The molecule has 0 rings (SSSR count). The standard InChI is InChI=1S/C70H112O6/c1-4-7-10-13-16-19-22-25-28-30-31-32-33-34-35-36-37-38-39-41-42-45-48-51-54-57-60-63-69(72)75-66-67(65-74-68(71)62-59-56-53-50-47-44-27-24-21-18-15-12-9-6-3)76-70(73)64-61-58-55-52-49-46-43-40-29-26-23-20-17-14-11-8-5-2/h7-8,10-11,16-17,19-20,24-29,31-32,34-35,37-38,43,46,52,55,67H,4-6,9,12-15,18,21-23,30,33,36,39-42,44-45,47-51,53-54,56-66H2,1-3H3/b10-7-,11-8-,19-16-,20-17-,27-24-,28-25-,29-26-,32-31-,35-34-,38-37-,46-43-,55-52-. The number of hydrogen-bond donors (Lipinski definition) is 0. The molecule has 0 saturated heterocycles. The average molecular weight is 1050 g/mol. The fourth-order valence-electron chi connectivity index (χ4n) is 8.01. The maximum atomic E-state index is 12.9. The van der Waals surface area contributed by atoms with E-state index in [-0.39, 0.29) is 37.5 Å². The van der Waals surface area contributed by atoms with Crippen LogP contribution in [0.25, 0.3) is 0 Å². The Balaban J connectivity index is 4.44. The van der Waals surface area contributed by atoms with Gasteiger partial charge in [0, 0.05) is 19.3 Å². The van der Waals surface area contributed by atoms with Crippen molar-refractivity contribution >= 4 is 17.9 Å². The van der Waals surface area contributed by atoms with Crippen molar-refractivity contribution in [1.82, 2.24) is 0 Å². The van der Waals surface area contributed by atoms with E-state index in [0.717, 1.165) is 135 Å². The molecule has 0 aliphatic rings. The van der Waals surface area contributed by atoms with Crippen LogP contribution in [-0.2, 0) is 28.6 Å². The van der Waals surface area contributed by atoms with Crippen LogP contribution in [0.1, 0.15) is 258 Å². The molecule has 0 heterocycles. The maximum Gasteiger partial charge on any atom is 0.306 e. The largest absolute Gasteiger partial charge is 0.462 e. The van der Waals surface area contributed by atoms with Crippen LogP contribution in [-0.4, -0.2) is 37.2 Å². The number of carbonyl (C=O) groups excluding carboxylic acids is 3. The number of hydrogen-bond acceptors (Lipinski definition) is 6. The van der Waals surface area contributed by atoms with Gasteiger partial charge >= 0.3 is 17.9 Å². The zero-order chi connectivity index (χ0) is 55.0. The SMILES string of the molecule is CC/C=C\C/C=C\C/C=C\C/C=C\C/C=C\C/C=C\CCCCCCCCCCC(=O)OCC(COC(=O)CCCCCCC/C=C\CCCCCCC)OC(=O)CCC/C=C\C/C=C\C/C=C\C/C=C\C/C=C\CC. The van der Waals surface area contributed by atoms with Gasteiger partial charge in [0.25, 0.3) is 0 Å². The minimum Gasteiger partial charge on any atom is -0.462 e. The van der Waals surface area contributed by atoms with Crippen molar-refractivity contribution in [3.8, 4) is 0 Å². The van der Waals surface area contributed by atoms with Gasteiger partial charge in [-0.3, -0.25) is 14.4 Å². The van der Waals surface area contributed by atoms with Crippen LogP contribution in [0.3, 0.4) is 0 Å². The molecule has 0 bridgehead atoms. The number of rotatable bonds is 54. The van der Waals surface area contributed by atoms with E-state index >= 15 is 0 Å². The van der Waals surface area contributed by atoms with Gasteiger partial charge in [0.05, 0.1) is 0 Å². The highest BCUT2D eigenvalue weighted by atomic mass is 16.6. The van der Waals surface area contributed by atoms with Crippen LogP contribution in [0.5, 0.6) is 0 Å². The first-order chi connectivity index (χ1) is 37.5. The summed E-state index contributed by atoms with van der Waals surface area (Å²) in [5, 5.41) is 0. The highest BCUT2D eigenvalue weighted by Gasteiger charge is 2.19. The Kier molecular flexibility index (Phi) is 58.9. The summed E-state index contributed by atoms with van der Waals surface area (Å²) in [4.78, 5) is 38.2. The van der Waals surface area contributed by atoms with Crippen molar-refractivity contribution in [2.24, 2.45) is 0 Å². The second-order valence-electron chi connectivity index (χ2n) is 19.8. The van der Waals surface area contributed by atoms with Crippen LogP contribution in [0.15, 0.2) is 146 Å².